The standard InChI is InChI=1S/C9H12.3BF4/c1-3-9-7-5-4-6-8(9)2;3*2-1(3,4)5/h4-7H,3H2,1-2H3;;;/q;3*-1. The van der Waals surface area contributed by atoms with Crippen molar-refractivity contribution in [2.75, 3.05) is 0 Å². The summed E-state index contributed by atoms with van der Waals surface area (Å²) in [6, 6.07) is 8.49. The lowest BCUT2D eigenvalue weighted by Crippen LogP contribution is -2.02. The van der Waals surface area contributed by atoms with Crippen molar-refractivity contribution in [3.8, 4) is 0 Å². The van der Waals surface area contributed by atoms with Crippen LogP contribution in [-0.2, 0) is 6.42 Å². The molecule has 0 N–H and O–H groups in total. The van der Waals surface area contributed by atoms with Crippen molar-refractivity contribution in [2.24, 2.45) is 0 Å². The third kappa shape index (κ3) is 58.8. The Morgan fingerprint density at radius 2 is 0.875 bits per heavy atom. The van der Waals surface area contributed by atoms with Crippen molar-refractivity contribution in [3.63, 3.8) is 0 Å². The van der Waals surface area contributed by atoms with Crippen molar-refractivity contribution >= 4 is 21.8 Å². The highest BCUT2D eigenvalue weighted by atomic mass is 19.5. The fourth-order valence-corrected chi connectivity index (χ4v) is 1.01. The molecule has 0 heterocycles. The van der Waals surface area contributed by atoms with Gasteiger partial charge in [0.1, 0.15) is 0 Å². The van der Waals surface area contributed by atoms with Gasteiger partial charge in [0.15, 0.2) is 0 Å². The van der Waals surface area contributed by atoms with Crippen molar-refractivity contribution in [3.05, 3.63) is 35.4 Å². The summed E-state index contributed by atoms with van der Waals surface area (Å²) >= 11 is 0. The van der Waals surface area contributed by atoms with Crippen LogP contribution in [0.4, 0.5) is 51.8 Å². The van der Waals surface area contributed by atoms with E-state index < -0.39 is 21.8 Å². The predicted octanol–water partition coefficient (Wildman–Crippen LogP) is 6.46. The van der Waals surface area contributed by atoms with Crippen LogP contribution in [0.5, 0.6) is 0 Å². The molecule has 24 heavy (non-hydrogen) atoms. The lowest BCUT2D eigenvalue weighted by molar-refractivity contribution is 0.366. The van der Waals surface area contributed by atoms with E-state index >= 15 is 0 Å². The van der Waals surface area contributed by atoms with Gasteiger partial charge in [-0.05, 0) is 24.5 Å². The maximum absolute atomic E-state index is 9.75. The second-order valence-corrected chi connectivity index (χ2v) is 3.76. The highest BCUT2D eigenvalue weighted by molar-refractivity contribution is 6.50. The summed E-state index contributed by atoms with van der Waals surface area (Å²) in [7, 11) is -18.0. The summed E-state index contributed by atoms with van der Waals surface area (Å²) in [5.41, 5.74) is 2.86. The number of aryl methyl sites for hydroxylation is 2. The van der Waals surface area contributed by atoms with Crippen LogP contribution >= 0.6 is 0 Å². The molecular weight excluding hydrogens is 369 g/mol. The smallest absolute Gasteiger partial charge is 0.418 e. The van der Waals surface area contributed by atoms with Crippen molar-refractivity contribution in [2.45, 2.75) is 20.3 Å². The fourth-order valence-electron chi connectivity index (χ4n) is 1.01. The maximum atomic E-state index is 9.75. The zero-order valence-corrected chi connectivity index (χ0v) is 12.3. The molecule has 0 unspecified atom stereocenters. The molecule has 1 rings (SSSR count). The van der Waals surface area contributed by atoms with E-state index in [1.54, 1.807) is 0 Å². The quantitative estimate of drug-likeness (QED) is 0.387. The number of hydrogen-bond acceptors (Lipinski definition) is 0. The minimum absolute atomic E-state index is 1.15. The number of rotatable bonds is 1. The van der Waals surface area contributed by atoms with Crippen molar-refractivity contribution < 1.29 is 51.8 Å². The summed E-state index contributed by atoms with van der Waals surface area (Å²) in [5, 5.41) is 0. The highest BCUT2D eigenvalue weighted by Crippen LogP contribution is 2.08. The van der Waals surface area contributed by atoms with E-state index in [-0.39, 0.29) is 0 Å². The molecule has 0 radical (unpaired) electrons. The van der Waals surface area contributed by atoms with Crippen LogP contribution in [0.25, 0.3) is 0 Å². The van der Waals surface area contributed by atoms with Gasteiger partial charge in [0.05, 0.1) is 0 Å². The van der Waals surface area contributed by atoms with Crippen LogP contribution in [0.3, 0.4) is 0 Å². The molecule has 1 aromatic carbocycles. The largest absolute Gasteiger partial charge is 0.673 e. The monoisotopic (exact) mass is 381 g/mol. The van der Waals surface area contributed by atoms with Gasteiger partial charge in [-0.2, -0.15) is 0 Å². The molecule has 0 amide bonds. The first-order valence-corrected chi connectivity index (χ1v) is 6.01. The minimum Gasteiger partial charge on any atom is -0.418 e. The Hall–Kier alpha value is -1.43. The van der Waals surface area contributed by atoms with Crippen molar-refractivity contribution in [1.82, 2.24) is 0 Å². The molecule has 0 aliphatic carbocycles. The first-order chi connectivity index (χ1) is 10.3. The van der Waals surface area contributed by atoms with Crippen LogP contribution in [0.1, 0.15) is 18.1 Å². The summed E-state index contributed by atoms with van der Waals surface area (Å²) in [6.07, 6.45) is 1.15. The summed E-state index contributed by atoms with van der Waals surface area (Å²) < 4.78 is 117. The second-order valence-electron chi connectivity index (χ2n) is 3.76. The third-order valence-electron chi connectivity index (χ3n) is 1.64. The molecule has 0 nitrogen and oxygen atoms in total. The third-order valence-corrected chi connectivity index (χ3v) is 1.64. The normalized spacial score (nSPS) is 11.1. The summed E-state index contributed by atoms with van der Waals surface area (Å²) in [4.78, 5) is 0. The van der Waals surface area contributed by atoms with Gasteiger partial charge >= 0.3 is 21.8 Å². The Labute approximate surface area is 130 Å². The molecule has 0 spiro atoms. The van der Waals surface area contributed by atoms with E-state index in [1.165, 1.54) is 11.1 Å². The van der Waals surface area contributed by atoms with Crippen LogP contribution in [0.15, 0.2) is 24.3 Å². The molecule has 0 atom stereocenters. The minimum atomic E-state index is -6.00. The lowest BCUT2D eigenvalue weighted by Gasteiger charge is -1.98. The van der Waals surface area contributed by atoms with Gasteiger partial charge in [-0.1, -0.05) is 31.2 Å². The van der Waals surface area contributed by atoms with E-state index in [0.29, 0.717) is 0 Å². The fraction of sp³-hybridized carbons (Fsp3) is 0.333. The first kappa shape index (κ1) is 27.4. The van der Waals surface area contributed by atoms with E-state index in [4.69, 9.17) is 0 Å². The van der Waals surface area contributed by atoms with Crippen LogP contribution in [0, 0.1) is 6.92 Å². The molecule has 0 aromatic heterocycles. The Bertz CT molecular complexity index is 378. The van der Waals surface area contributed by atoms with Crippen LogP contribution < -0.4 is 0 Å². The Balaban J connectivity index is -0.000000259. The Kier molecular flexibility index (Phi) is 13.7. The van der Waals surface area contributed by atoms with Gasteiger partial charge in [-0.25, -0.2) is 0 Å². The second kappa shape index (κ2) is 12.0. The van der Waals surface area contributed by atoms with Gasteiger partial charge in [-0.15, -0.1) is 0 Å². The average Bonchev–Trinajstić information content (AvgIpc) is 2.22. The van der Waals surface area contributed by atoms with Gasteiger partial charge in [0.25, 0.3) is 0 Å². The average molecular weight is 381 g/mol. The van der Waals surface area contributed by atoms with Crippen molar-refractivity contribution in [1.29, 1.82) is 0 Å². The molecule has 0 aliphatic rings. The van der Waals surface area contributed by atoms with Crippen LogP contribution in [0.2, 0.25) is 0 Å². The molecule has 0 bridgehead atoms. The number of benzene rings is 1. The molecule has 0 fully saturated rings. The van der Waals surface area contributed by atoms with E-state index in [9.17, 15) is 51.8 Å². The van der Waals surface area contributed by atoms with E-state index in [2.05, 4.69) is 38.1 Å². The number of halogens is 12. The predicted molar refractivity (Wildman–Crippen MR) is 71.1 cm³/mol. The zero-order chi connectivity index (χ0) is 20.2. The molecule has 0 saturated heterocycles. The van der Waals surface area contributed by atoms with Crippen LogP contribution in [-0.4, -0.2) is 21.8 Å². The van der Waals surface area contributed by atoms with E-state index in [0.717, 1.165) is 6.42 Å². The first-order valence-electron chi connectivity index (χ1n) is 6.01. The molecular formula is C9H12B3F12-3. The topological polar surface area (TPSA) is 0 Å². The lowest BCUT2D eigenvalue weighted by atomic mass is 10.1. The van der Waals surface area contributed by atoms with Gasteiger partial charge in [0.2, 0.25) is 0 Å². The molecule has 0 aliphatic heterocycles. The Morgan fingerprint density at radius 1 is 0.625 bits per heavy atom. The molecule has 144 valence electrons. The highest BCUT2D eigenvalue weighted by Gasteiger charge is 2.21. The summed E-state index contributed by atoms with van der Waals surface area (Å²) in [5.74, 6) is 0. The van der Waals surface area contributed by atoms with E-state index in [1.807, 2.05) is 0 Å². The van der Waals surface area contributed by atoms with Gasteiger partial charge in [-0.3, -0.25) is 0 Å². The Morgan fingerprint density at radius 3 is 1.04 bits per heavy atom. The molecule has 0 saturated carbocycles. The molecule has 15 heteroatoms. The van der Waals surface area contributed by atoms with Gasteiger partial charge < -0.3 is 51.8 Å². The van der Waals surface area contributed by atoms with Gasteiger partial charge in [0, 0.05) is 0 Å². The SMILES string of the molecule is CCc1ccccc1C.F[B-](F)(F)F.F[B-](F)(F)F.F[B-](F)(F)F. The zero-order valence-electron chi connectivity index (χ0n) is 12.3. The maximum Gasteiger partial charge on any atom is 0.673 e. The summed E-state index contributed by atoms with van der Waals surface area (Å²) in [6.45, 7) is 4.33. The number of hydrogen-bond donors (Lipinski definition) is 0. The molecule has 1 aromatic rings.